The van der Waals surface area contributed by atoms with E-state index in [0.29, 0.717) is 11.8 Å². The Bertz CT molecular complexity index is 421. The van der Waals surface area contributed by atoms with Crippen LogP contribution < -0.4 is 10.6 Å². The van der Waals surface area contributed by atoms with E-state index in [9.17, 15) is 4.79 Å². The molecule has 0 fully saturated rings. The third-order valence-corrected chi connectivity index (χ3v) is 3.91. The minimum absolute atomic E-state index is 0.00297. The molecule has 19 heavy (non-hydrogen) atoms. The normalized spacial score (nSPS) is 12.0. The molecule has 0 aliphatic carbocycles. The second kappa shape index (κ2) is 8.10. The van der Waals surface area contributed by atoms with E-state index >= 15 is 0 Å². The maximum absolute atomic E-state index is 12.2. The monoisotopic (exact) mass is 280 g/mol. The van der Waals surface area contributed by atoms with E-state index in [0.717, 1.165) is 29.8 Å². The van der Waals surface area contributed by atoms with E-state index < -0.39 is 0 Å². The summed E-state index contributed by atoms with van der Waals surface area (Å²) in [6.07, 6.45) is 3.09. The number of carbonyl (C=O) groups excluding carboxylic acids is 1. The number of hydrogen-bond donors (Lipinski definition) is 2. The molecule has 0 saturated heterocycles. The highest BCUT2D eigenvalue weighted by molar-refractivity contribution is 7.99. The van der Waals surface area contributed by atoms with E-state index in [4.69, 9.17) is 0 Å². The molecule has 0 heterocycles. The van der Waals surface area contributed by atoms with Crippen LogP contribution in [0.5, 0.6) is 0 Å². The van der Waals surface area contributed by atoms with Gasteiger partial charge in [0, 0.05) is 24.0 Å². The van der Waals surface area contributed by atoms with Gasteiger partial charge >= 0.3 is 0 Å². The lowest BCUT2D eigenvalue weighted by Crippen LogP contribution is -2.30. The van der Waals surface area contributed by atoms with Crippen LogP contribution in [0.15, 0.2) is 18.2 Å². The van der Waals surface area contributed by atoms with Crippen LogP contribution in [-0.2, 0) is 0 Å². The standard InChI is InChI=1S/C15H24N2OS/c1-5-8-16-14-7-6-11(2)9-13(14)15(18)17-10-12(3)19-4/h6-7,9,12,16H,5,8,10H2,1-4H3,(H,17,18). The van der Waals surface area contributed by atoms with Crippen LogP contribution in [0.3, 0.4) is 0 Å². The fourth-order valence-corrected chi connectivity index (χ4v) is 1.92. The highest BCUT2D eigenvalue weighted by atomic mass is 32.2. The van der Waals surface area contributed by atoms with Crippen molar-refractivity contribution < 1.29 is 4.79 Å². The van der Waals surface area contributed by atoms with Crippen molar-refractivity contribution in [1.82, 2.24) is 5.32 Å². The number of rotatable bonds is 7. The topological polar surface area (TPSA) is 41.1 Å². The van der Waals surface area contributed by atoms with E-state index in [2.05, 4.69) is 30.7 Å². The molecule has 1 atom stereocenters. The molecule has 1 amide bonds. The molecule has 0 aliphatic heterocycles. The molecule has 1 rings (SSSR count). The predicted molar refractivity (Wildman–Crippen MR) is 85.3 cm³/mol. The van der Waals surface area contributed by atoms with Gasteiger partial charge in [-0.05, 0) is 31.7 Å². The number of benzene rings is 1. The van der Waals surface area contributed by atoms with Crippen molar-refractivity contribution in [1.29, 1.82) is 0 Å². The number of nitrogens with one attached hydrogen (secondary N) is 2. The minimum Gasteiger partial charge on any atom is -0.384 e. The Morgan fingerprint density at radius 3 is 2.79 bits per heavy atom. The Morgan fingerprint density at radius 2 is 2.16 bits per heavy atom. The number of thioether (sulfide) groups is 1. The molecule has 0 spiro atoms. The van der Waals surface area contributed by atoms with Crippen LogP contribution in [0, 0.1) is 6.92 Å². The predicted octanol–water partition coefficient (Wildman–Crippen LogP) is 3.30. The number of carbonyl (C=O) groups is 1. The molecule has 0 bridgehead atoms. The number of hydrogen-bond acceptors (Lipinski definition) is 3. The van der Waals surface area contributed by atoms with Crippen molar-refractivity contribution in [3.05, 3.63) is 29.3 Å². The van der Waals surface area contributed by atoms with Gasteiger partial charge in [-0.1, -0.05) is 25.5 Å². The lowest BCUT2D eigenvalue weighted by atomic mass is 10.1. The molecule has 0 aromatic heterocycles. The summed E-state index contributed by atoms with van der Waals surface area (Å²) in [7, 11) is 0. The number of anilines is 1. The van der Waals surface area contributed by atoms with Crippen LogP contribution in [0.2, 0.25) is 0 Å². The molecule has 3 nitrogen and oxygen atoms in total. The van der Waals surface area contributed by atoms with Gasteiger partial charge in [-0.15, -0.1) is 0 Å². The molecular weight excluding hydrogens is 256 g/mol. The molecule has 2 N–H and O–H groups in total. The largest absolute Gasteiger partial charge is 0.384 e. The average molecular weight is 280 g/mol. The van der Waals surface area contributed by atoms with Crippen molar-refractivity contribution in [3.63, 3.8) is 0 Å². The average Bonchev–Trinajstić information content (AvgIpc) is 2.42. The first-order chi connectivity index (χ1) is 9.08. The molecule has 0 saturated carbocycles. The molecule has 1 aromatic carbocycles. The van der Waals surface area contributed by atoms with Crippen LogP contribution in [0.1, 0.15) is 36.2 Å². The lowest BCUT2D eigenvalue weighted by Gasteiger charge is -2.14. The highest BCUT2D eigenvalue weighted by Crippen LogP contribution is 2.17. The summed E-state index contributed by atoms with van der Waals surface area (Å²) in [4.78, 5) is 12.2. The molecule has 106 valence electrons. The molecule has 4 heteroatoms. The van der Waals surface area contributed by atoms with Gasteiger partial charge in [-0.3, -0.25) is 4.79 Å². The summed E-state index contributed by atoms with van der Waals surface area (Å²) in [6.45, 7) is 7.80. The van der Waals surface area contributed by atoms with Gasteiger partial charge in [0.15, 0.2) is 0 Å². The van der Waals surface area contributed by atoms with Crippen molar-refractivity contribution in [2.24, 2.45) is 0 Å². The van der Waals surface area contributed by atoms with Crippen LogP contribution in [0.25, 0.3) is 0 Å². The summed E-state index contributed by atoms with van der Waals surface area (Å²) in [5.74, 6) is 0.00297. The summed E-state index contributed by atoms with van der Waals surface area (Å²) < 4.78 is 0. The van der Waals surface area contributed by atoms with Crippen LogP contribution >= 0.6 is 11.8 Å². The third kappa shape index (κ3) is 5.15. The smallest absolute Gasteiger partial charge is 0.253 e. The Kier molecular flexibility index (Phi) is 6.78. The zero-order valence-electron chi connectivity index (χ0n) is 12.2. The Labute approximate surface area is 120 Å². The fourth-order valence-electron chi connectivity index (χ4n) is 1.67. The molecule has 0 aliphatic rings. The van der Waals surface area contributed by atoms with Crippen LogP contribution in [0.4, 0.5) is 5.69 Å². The highest BCUT2D eigenvalue weighted by Gasteiger charge is 2.12. The van der Waals surface area contributed by atoms with Gasteiger partial charge in [-0.25, -0.2) is 0 Å². The summed E-state index contributed by atoms with van der Waals surface area (Å²) in [6, 6.07) is 5.95. The molecule has 1 aromatic rings. The number of amides is 1. The van der Waals surface area contributed by atoms with Gasteiger partial charge in [0.2, 0.25) is 0 Å². The van der Waals surface area contributed by atoms with Gasteiger partial charge in [0.25, 0.3) is 5.91 Å². The van der Waals surface area contributed by atoms with Gasteiger partial charge in [0.1, 0.15) is 0 Å². The first kappa shape index (κ1) is 15.9. The van der Waals surface area contributed by atoms with Crippen LogP contribution in [-0.4, -0.2) is 30.5 Å². The first-order valence-corrected chi connectivity index (χ1v) is 8.02. The number of aryl methyl sites for hydroxylation is 1. The second-order valence-corrected chi connectivity index (χ2v) is 6.01. The SMILES string of the molecule is CCCNc1ccc(C)cc1C(=O)NCC(C)SC. The Hall–Kier alpha value is -1.16. The van der Waals surface area contributed by atoms with E-state index in [1.165, 1.54) is 0 Å². The summed E-state index contributed by atoms with van der Waals surface area (Å²) >= 11 is 1.75. The van der Waals surface area contributed by atoms with Crippen molar-refractivity contribution >= 4 is 23.4 Å². The van der Waals surface area contributed by atoms with Gasteiger partial charge in [-0.2, -0.15) is 11.8 Å². The molecule has 1 unspecified atom stereocenters. The Balaban J connectivity index is 2.78. The quantitative estimate of drug-likeness (QED) is 0.805. The fraction of sp³-hybridized carbons (Fsp3) is 0.533. The second-order valence-electron chi connectivity index (χ2n) is 4.73. The van der Waals surface area contributed by atoms with E-state index in [1.54, 1.807) is 11.8 Å². The van der Waals surface area contributed by atoms with Crippen molar-refractivity contribution in [3.8, 4) is 0 Å². The van der Waals surface area contributed by atoms with Gasteiger partial charge < -0.3 is 10.6 Å². The first-order valence-electron chi connectivity index (χ1n) is 6.74. The molecular formula is C15H24N2OS. The van der Waals surface area contributed by atoms with Crippen molar-refractivity contribution in [2.75, 3.05) is 24.7 Å². The van der Waals surface area contributed by atoms with E-state index in [1.807, 2.05) is 25.1 Å². The summed E-state index contributed by atoms with van der Waals surface area (Å²) in [5, 5.41) is 6.73. The van der Waals surface area contributed by atoms with E-state index in [-0.39, 0.29) is 5.91 Å². The maximum atomic E-state index is 12.2. The Morgan fingerprint density at radius 1 is 1.42 bits per heavy atom. The van der Waals surface area contributed by atoms with Gasteiger partial charge in [0.05, 0.1) is 5.56 Å². The van der Waals surface area contributed by atoms with Crippen molar-refractivity contribution in [2.45, 2.75) is 32.4 Å². The third-order valence-electron chi connectivity index (χ3n) is 2.94. The lowest BCUT2D eigenvalue weighted by molar-refractivity contribution is 0.0955. The minimum atomic E-state index is 0.00297. The summed E-state index contributed by atoms with van der Waals surface area (Å²) in [5.41, 5.74) is 2.76. The molecule has 0 radical (unpaired) electrons. The maximum Gasteiger partial charge on any atom is 0.253 e. The zero-order valence-corrected chi connectivity index (χ0v) is 13.1. The zero-order chi connectivity index (χ0) is 14.3.